The molecule has 8 heteroatoms. The van der Waals surface area contributed by atoms with Gasteiger partial charge in [-0.3, -0.25) is 4.79 Å². The molecule has 18 heavy (non-hydrogen) atoms. The van der Waals surface area contributed by atoms with E-state index in [4.69, 9.17) is 5.73 Å². The van der Waals surface area contributed by atoms with Crippen molar-refractivity contribution in [3.05, 3.63) is 35.1 Å². The first-order valence-corrected chi connectivity index (χ1v) is 4.77. The van der Waals surface area contributed by atoms with Gasteiger partial charge in [0.15, 0.2) is 0 Å². The quantitative estimate of drug-likeness (QED) is 0.812. The van der Waals surface area contributed by atoms with Gasteiger partial charge in [0.05, 0.1) is 13.1 Å². The Balaban J connectivity index is 2.86. The van der Waals surface area contributed by atoms with Crippen LogP contribution in [0, 0.1) is 17.5 Å². The van der Waals surface area contributed by atoms with Crippen LogP contribution in [-0.4, -0.2) is 24.9 Å². The zero-order valence-electron chi connectivity index (χ0n) is 8.94. The molecule has 0 aliphatic heterocycles. The Bertz CT molecular complexity index is 441. The van der Waals surface area contributed by atoms with E-state index in [1.165, 1.54) is 0 Å². The SMILES string of the molecule is NCC(F)(F)CNC(=O)c1c(F)cc(F)cc1F. The normalized spacial score (nSPS) is 11.4. The van der Waals surface area contributed by atoms with Crippen LogP contribution in [0.2, 0.25) is 0 Å². The van der Waals surface area contributed by atoms with Crippen LogP contribution in [-0.2, 0) is 0 Å². The average Bonchev–Trinajstić information content (AvgIpc) is 2.25. The third-order valence-corrected chi connectivity index (χ3v) is 2.04. The van der Waals surface area contributed by atoms with Gasteiger partial charge in [-0.05, 0) is 0 Å². The maximum Gasteiger partial charge on any atom is 0.277 e. The summed E-state index contributed by atoms with van der Waals surface area (Å²) in [6.07, 6.45) is 0. The Morgan fingerprint density at radius 1 is 1.22 bits per heavy atom. The molecule has 3 N–H and O–H groups in total. The van der Waals surface area contributed by atoms with Crippen LogP contribution in [0.25, 0.3) is 0 Å². The molecule has 0 unspecified atom stereocenters. The lowest BCUT2D eigenvalue weighted by atomic mass is 10.1. The molecule has 0 saturated carbocycles. The lowest BCUT2D eigenvalue weighted by molar-refractivity contribution is 0.0117. The maximum atomic E-state index is 13.1. The van der Waals surface area contributed by atoms with Crippen molar-refractivity contribution in [3.8, 4) is 0 Å². The molecule has 0 radical (unpaired) electrons. The van der Waals surface area contributed by atoms with E-state index in [9.17, 15) is 26.7 Å². The molecule has 100 valence electrons. The number of halogens is 5. The van der Waals surface area contributed by atoms with Crippen molar-refractivity contribution in [2.75, 3.05) is 13.1 Å². The Hall–Kier alpha value is -1.70. The fourth-order valence-corrected chi connectivity index (χ4v) is 1.13. The summed E-state index contributed by atoms with van der Waals surface area (Å²) in [4.78, 5) is 11.3. The minimum Gasteiger partial charge on any atom is -0.346 e. The average molecular weight is 268 g/mol. The van der Waals surface area contributed by atoms with Gasteiger partial charge in [-0.15, -0.1) is 0 Å². The minimum atomic E-state index is -3.39. The number of carbonyl (C=O) groups excluding carboxylic acids is 1. The second-order valence-electron chi connectivity index (χ2n) is 3.49. The van der Waals surface area contributed by atoms with Gasteiger partial charge in [-0.2, -0.15) is 0 Å². The molecule has 0 heterocycles. The Kier molecular flexibility index (Phi) is 4.23. The van der Waals surface area contributed by atoms with E-state index >= 15 is 0 Å². The summed E-state index contributed by atoms with van der Waals surface area (Å²) in [7, 11) is 0. The summed E-state index contributed by atoms with van der Waals surface area (Å²) < 4.78 is 64.2. The molecule has 3 nitrogen and oxygen atoms in total. The monoisotopic (exact) mass is 268 g/mol. The predicted octanol–water partition coefficient (Wildman–Crippen LogP) is 1.43. The van der Waals surface area contributed by atoms with Crippen LogP contribution >= 0.6 is 0 Å². The van der Waals surface area contributed by atoms with Gasteiger partial charge in [0, 0.05) is 12.1 Å². The molecule has 0 atom stereocenters. The number of benzene rings is 1. The molecule has 0 saturated heterocycles. The summed E-state index contributed by atoms with van der Waals surface area (Å²) in [6.45, 7) is -2.19. The second kappa shape index (κ2) is 5.30. The third-order valence-electron chi connectivity index (χ3n) is 2.04. The highest BCUT2D eigenvalue weighted by Gasteiger charge is 2.28. The summed E-state index contributed by atoms with van der Waals surface area (Å²) in [5.41, 5.74) is 3.59. The highest BCUT2D eigenvalue weighted by Crippen LogP contribution is 2.15. The number of carbonyl (C=O) groups is 1. The van der Waals surface area contributed by atoms with Crippen molar-refractivity contribution in [2.24, 2.45) is 5.73 Å². The van der Waals surface area contributed by atoms with Crippen molar-refractivity contribution < 1.29 is 26.7 Å². The summed E-state index contributed by atoms with van der Waals surface area (Å²) in [5, 5.41) is 1.62. The molecule has 0 aromatic heterocycles. The molecule has 0 aliphatic rings. The number of rotatable bonds is 4. The fourth-order valence-electron chi connectivity index (χ4n) is 1.13. The Morgan fingerprint density at radius 3 is 2.17 bits per heavy atom. The highest BCUT2D eigenvalue weighted by molar-refractivity contribution is 5.94. The summed E-state index contributed by atoms with van der Waals surface area (Å²) in [6, 6.07) is 0.554. The predicted molar refractivity (Wildman–Crippen MR) is 52.7 cm³/mol. The minimum absolute atomic E-state index is 0.277. The van der Waals surface area contributed by atoms with Crippen LogP contribution in [0.15, 0.2) is 12.1 Å². The Labute approximate surface area is 98.8 Å². The van der Waals surface area contributed by atoms with E-state index in [1.807, 2.05) is 0 Å². The number of hydrogen-bond donors (Lipinski definition) is 2. The van der Waals surface area contributed by atoms with Crippen LogP contribution in [0.4, 0.5) is 22.0 Å². The molecule has 0 aliphatic carbocycles. The first kappa shape index (κ1) is 14.4. The van der Waals surface area contributed by atoms with Gasteiger partial charge in [-0.1, -0.05) is 0 Å². The van der Waals surface area contributed by atoms with Crippen molar-refractivity contribution >= 4 is 5.91 Å². The highest BCUT2D eigenvalue weighted by atomic mass is 19.3. The van der Waals surface area contributed by atoms with Crippen LogP contribution in [0.3, 0.4) is 0 Å². The molecule has 0 spiro atoms. The molecule has 1 aromatic rings. The maximum absolute atomic E-state index is 13.1. The molecular weight excluding hydrogens is 259 g/mol. The van der Waals surface area contributed by atoms with Gasteiger partial charge in [0.1, 0.15) is 23.0 Å². The Morgan fingerprint density at radius 2 is 1.72 bits per heavy atom. The first-order chi connectivity index (χ1) is 8.26. The standard InChI is InChI=1S/C10H9F5N2O/c11-5-1-6(12)8(7(13)2-5)9(18)17-4-10(14,15)3-16/h1-2H,3-4,16H2,(H,17,18). The van der Waals surface area contributed by atoms with Crippen molar-refractivity contribution in [1.29, 1.82) is 0 Å². The van der Waals surface area contributed by atoms with E-state index in [0.29, 0.717) is 0 Å². The first-order valence-electron chi connectivity index (χ1n) is 4.77. The van der Waals surface area contributed by atoms with E-state index < -0.39 is 47.9 Å². The molecular formula is C10H9F5N2O. The molecule has 1 amide bonds. The lowest BCUT2D eigenvalue weighted by Gasteiger charge is -2.14. The van der Waals surface area contributed by atoms with Crippen LogP contribution in [0.1, 0.15) is 10.4 Å². The molecule has 0 fully saturated rings. The number of nitrogens with two attached hydrogens (primary N) is 1. The largest absolute Gasteiger partial charge is 0.346 e. The van der Waals surface area contributed by atoms with E-state index in [-0.39, 0.29) is 12.1 Å². The molecule has 1 aromatic carbocycles. The molecule has 0 bridgehead atoms. The zero-order valence-corrected chi connectivity index (χ0v) is 8.94. The zero-order chi connectivity index (χ0) is 13.9. The topological polar surface area (TPSA) is 55.1 Å². The van der Waals surface area contributed by atoms with Gasteiger partial charge in [0.25, 0.3) is 11.8 Å². The van der Waals surface area contributed by atoms with Gasteiger partial charge >= 0.3 is 0 Å². The number of amides is 1. The van der Waals surface area contributed by atoms with Gasteiger partial charge in [-0.25, -0.2) is 22.0 Å². The summed E-state index contributed by atoms with van der Waals surface area (Å²) in [5.74, 6) is -8.95. The van der Waals surface area contributed by atoms with E-state index in [0.717, 1.165) is 0 Å². The number of nitrogens with one attached hydrogen (secondary N) is 1. The van der Waals surface area contributed by atoms with Crippen molar-refractivity contribution in [1.82, 2.24) is 5.32 Å². The van der Waals surface area contributed by atoms with Gasteiger partial charge in [0.2, 0.25) is 0 Å². The smallest absolute Gasteiger partial charge is 0.277 e. The van der Waals surface area contributed by atoms with Crippen LogP contribution in [0.5, 0.6) is 0 Å². The van der Waals surface area contributed by atoms with Gasteiger partial charge < -0.3 is 11.1 Å². The summed E-state index contributed by atoms with van der Waals surface area (Å²) >= 11 is 0. The third kappa shape index (κ3) is 3.39. The second-order valence-corrected chi connectivity index (χ2v) is 3.49. The fraction of sp³-hybridized carbons (Fsp3) is 0.300. The number of alkyl halides is 2. The van der Waals surface area contributed by atoms with Crippen molar-refractivity contribution in [3.63, 3.8) is 0 Å². The lowest BCUT2D eigenvalue weighted by Crippen LogP contribution is -2.42. The van der Waals surface area contributed by atoms with Crippen molar-refractivity contribution in [2.45, 2.75) is 5.92 Å². The molecule has 1 rings (SSSR count). The van der Waals surface area contributed by atoms with E-state index in [1.54, 1.807) is 5.32 Å². The number of hydrogen-bond acceptors (Lipinski definition) is 2. The van der Waals surface area contributed by atoms with E-state index in [2.05, 4.69) is 0 Å². The van der Waals surface area contributed by atoms with Crippen LogP contribution < -0.4 is 11.1 Å².